The Morgan fingerprint density at radius 1 is 1.21 bits per heavy atom. The molecule has 1 aromatic carbocycles. The Hall–Kier alpha value is -2.34. The molecular weight excluding hydrogens is 324 g/mol. The molecule has 0 bridgehead atoms. The van der Waals surface area contributed by atoms with Crippen LogP contribution >= 0.6 is 11.3 Å². The first kappa shape index (κ1) is 18.0. The average Bonchev–Trinajstić information content (AvgIpc) is 2.83. The molecule has 6 heteroatoms. The number of rotatable bonds is 6. The minimum Gasteiger partial charge on any atom is -0.484 e. The van der Waals surface area contributed by atoms with E-state index in [-0.39, 0.29) is 12.5 Å². The summed E-state index contributed by atoms with van der Waals surface area (Å²) in [5.74, 6) is -0.207. The van der Waals surface area contributed by atoms with E-state index in [2.05, 4.69) is 5.32 Å². The van der Waals surface area contributed by atoms with E-state index in [9.17, 15) is 9.59 Å². The van der Waals surface area contributed by atoms with Crippen molar-refractivity contribution < 1.29 is 14.3 Å². The Morgan fingerprint density at radius 2 is 1.92 bits per heavy atom. The molecule has 128 valence electrons. The van der Waals surface area contributed by atoms with Crippen LogP contribution in [0.5, 0.6) is 5.75 Å². The van der Waals surface area contributed by atoms with Gasteiger partial charge in [-0.1, -0.05) is 13.0 Å². The van der Waals surface area contributed by atoms with E-state index in [1.54, 1.807) is 0 Å². The Bertz CT molecular complexity index is 781. The molecule has 0 radical (unpaired) electrons. The molecule has 0 aliphatic rings. The van der Waals surface area contributed by atoms with E-state index in [4.69, 9.17) is 10.5 Å². The molecule has 1 aromatic heterocycles. The number of benzene rings is 1. The number of primary amides is 1. The van der Waals surface area contributed by atoms with Gasteiger partial charge in [0, 0.05) is 4.88 Å². The molecule has 0 saturated carbocycles. The lowest BCUT2D eigenvalue weighted by Crippen LogP contribution is -2.22. The van der Waals surface area contributed by atoms with Gasteiger partial charge in [0.25, 0.3) is 11.8 Å². The number of carbonyl (C=O) groups is 2. The summed E-state index contributed by atoms with van der Waals surface area (Å²) in [6.45, 7) is 7.75. The maximum atomic E-state index is 12.1. The van der Waals surface area contributed by atoms with Gasteiger partial charge in [-0.2, -0.15) is 0 Å². The summed E-state index contributed by atoms with van der Waals surface area (Å²) in [6, 6.07) is 5.67. The smallest absolute Gasteiger partial charge is 0.262 e. The topological polar surface area (TPSA) is 81.4 Å². The lowest BCUT2D eigenvalue weighted by molar-refractivity contribution is -0.118. The standard InChI is InChI=1S/C18H22N2O3S/c1-5-14-12(4)24-18(16(14)17(19)22)20-15(21)9-23-13-7-6-10(2)11(3)8-13/h6-8H,5,9H2,1-4H3,(H2,19,22)(H,20,21). The molecule has 1 heterocycles. The van der Waals surface area contributed by atoms with Crippen LogP contribution in [0.3, 0.4) is 0 Å². The van der Waals surface area contributed by atoms with Gasteiger partial charge in [-0.15, -0.1) is 11.3 Å². The van der Waals surface area contributed by atoms with Crippen LogP contribution in [0, 0.1) is 20.8 Å². The third-order valence-electron chi connectivity index (χ3n) is 3.91. The van der Waals surface area contributed by atoms with Crippen molar-refractivity contribution in [2.75, 3.05) is 11.9 Å². The van der Waals surface area contributed by atoms with Crippen LogP contribution in [0.25, 0.3) is 0 Å². The number of hydrogen-bond donors (Lipinski definition) is 2. The van der Waals surface area contributed by atoms with Gasteiger partial charge >= 0.3 is 0 Å². The second kappa shape index (κ2) is 7.49. The SMILES string of the molecule is CCc1c(C)sc(NC(=O)COc2ccc(C)c(C)c2)c1C(N)=O. The van der Waals surface area contributed by atoms with Crippen LogP contribution in [0.1, 0.15) is 38.8 Å². The molecule has 3 N–H and O–H groups in total. The highest BCUT2D eigenvalue weighted by Gasteiger charge is 2.20. The van der Waals surface area contributed by atoms with Gasteiger partial charge in [0.05, 0.1) is 5.56 Å². The summed E-state index contributed by atoms with van der Waals surface area (Å²) in [4.78, 5) is 24.8. The molecule has 0 atom stereocenters. The summed E-state index contributed by atoms with van der Waals surface area (Å²) < 4.78 is 5.52. The zero-order valence-electron chi connectivity index (χ0n) is 14.4. The predicted octanol–water partition coefficient (Wildman–Crippen LogP) is 3.35. The fourth-order valence-corrected chi connectivity index (χ4v) is 3.63. The van der Waals surface area contributed by atoms with E-state index < -0.39 is 5.91 Å². The Kier molecular flexibility index (Phi) is 5.62. The molecule has 2 amide bonds. The number of carbonyl (C=O) groups excluding carboxylic acids is 2. The molecular formula is C18H22N2O3S. The fourth-order valence-electron chi connectivity index (χ4n) is 2.47. The van der Waals surface area contributed by atoms with E-state index >= 15 is 0 Å². The number of thiophene rings is 1. The summed E-state index contributed by atoms with van der Waals surface area (Å²) in [7, 11) is 0. The van der Waals surface area contributed by atoms with E-state index in [1.807, 2.05) is 45.9 Å². The van der Waals surface area contributed by atoms with E-state index in [1.165, 1.54) is 16.9 Å². The Morgan fingerprint density at radius 3 is 2.50 bits per heavy atom. The maximum absolute atomic E-state index is 12.1. The number of ether oxygens (including phenoxy) is 1. The van der Waals surface area contributed by atoms with Gasteiger partial charge < -0.3 is 15.8 Å². The summed E-state index contributed by atoms with van der Waals surface area (Å²) >= 11 is 1.36. The van der Waals surface area contributed by atoms with Crippen LogP contribution < -0.4 is 15.8 Å². The number of nitrogens with two attached hydrogens (primary N) is 1. The number of amides is 2. The minimum absolute atomic E-state index is 0.126. The quantitative estimate of drug-likeness (QED) is 0.841. The normalized spacial score (nSPS) is 10.5. The van der Waals surface area contributed by atoms with Crippen molar-refractivity contribution in [3.8, 4) is 5.75 Å². The molecule has 0 spiro atoms. The van der Waals surface area contributed by atoms with Crippen molar-refractivity contribution in [2.45, 2.75) is 34.1 Å². The Labute approximate surface area is 145 Å². The van der Waals surface area contributed by atoms with Gasteiger partial charge in [-0.05, 0) is 56.0 Å². The highest BCUT2D eigenvalue weighted by molar-refractivity contribution is 7.16. The van der Waals surface area contributed by atoms with Crippen LogP contribution in [0.4, 0.5) is 5.00 Å². The molecule has 2 aromatic rings. The van der Waals surface area contributed by atoms with Gasteiger partial charge in [0.2, 0.25) is 0 Å². The highest BCUT2D eigenvalue weighted by Crippen LogP contribution is 2.33. The van der Waals surface area contributed by atoms with Gasteiger partial charge in [-0.25, -0.2) is 0 Å². The fraction of sp³-hybridized carbons (Fsp3) is 0.333. The number of aryl methyl sites for hydroxylation is 3. The van der Waals surface area contributed by atoms with E-state index in [0.29, 0.717) is 22.7 Å². The van der Waals surface area contributed by atoms with Crippen molar-refractivity contribution in [3.63, 3.8) is 0 Å². The van der Waals surface area contributed by atoms with Crippen LogP contribution in [0.15, 0.2) is 18.2 Å². The van der Waals surface area contributed by atoms with Gasteiger partial charge in [0.15, 0.2) is 6.61 Å². The van der Waals surface area contributed by atoms with Crippen LogP contribution in [-0.2, 0) is 11.2 Å². The molecule has 0 aliphatic heterocycles. The second-order valence-electron chi connectivity index (χ2n) is 5.64. The van der Waals surface area contributed by atoms with Crippen LogP contribution in [-0.4, -0.2) is 18.4 Å². The van der Waals surface area contributed by atoms with Gasteiger partial charge in [0.1, 0.15) is 10.8 Å². The summed E-state index contributed by atoms with van der Waals surface area (Å²) in [5, 5.41) is 3.23. The first-order chi connectivity index (χ1) is 11.3. The highest BCUT2D eigenvalue weighted by atomic mass is 32.1. The first-order valence-electron chi connectivity index (χ1n) is 7.75. The zero-order valence-corrected chi connectivity index (χ0v) is 15.2. The third-order valence-corrected chi connectivity index (χ3v) is 4.97. The molecule has 2 rings (SSSR count). The average molecular weight is 346 g/mol. The number of nitrogens with one attached hydrogen (secondary N) is 1. The van der Waals surface area contributed by atoms with Crippen LogP contribution in [0.2, 0.25) is 0 Å². The summed E-state index contributed by atoms with van der Waals surface area (Å²) in [6.07, 6.45) is 0.690. The lowest BCUT2D eigenvalue weighted by Gasteiger charge is -2.09. The molecule has 5 nitrogen and oxygen atoms in total. The minimum atomic E-state index is -0.526. The number of hydrogen-bond acceptors (Lipinski definition) is 4. The lowest BCUT2D eigenvalue weighted by atomic mass is 10.1. The van der Waals surface area contributed by atoms with Crippen molar-refractivity contribution in [3.05, 3.63) is 45.3 Å². The molecule has 24 heavy (non-hydrogen) atoms. The molecule has 0 aliphatic carbocycles. The first-order valence-corrected chi connectivity index (χ1v) is 8.57. The molecule has 0 unspecified atom stereocenters. The van der Waals surface area contributed by atoms with Crippen molar-refractivity contribution >= 4 is 28.2 Å². The number of anilines is 1. The largest absolute Gasteiger partial charge is 0.484 e. The van der Waals surface area contributed by atoms with Gasteiger partial charge in [-0.3, -0.25) is 9.59 Å². The Balaban J connectivity index is 2.07. The monoisotopic (exact) mass is 346 g/mol. The van der Waals surface area contributed by atoms with E-state index in [0.717, 1.165) is 16.0 Å². The van der Waals surface area contributed by atoms with Crippen molar-refractivity contribution in [2.24, 2.45) is 5.73 Å². The molecule has 0 saturated heterocycles. The zero-order chi connectivity index (χ0) is 17.9. The second-order valence-corrected chi connectivity index (χ2v) is 6.87. The third kappa shape index (κ3) is 3.94. The van der Waals surface area contributed by atoms with Crippen molar-refractivity contribution in [1.82, 2.24) is 0 Å². The maximum Gasteiger partial charge on any atom is 0.262 e. The molecule has 0 fully saturated rings. The van der Waals surface area contributed by atoms with Crippen molar-refractivity contribution in [1.29, 1.82) is 0 Å². The summed E-state index contributed by atoms with van der Waals surface area (Å²) in [5.41, 5.74) is 9.02. The predicted molar refractivity (Wildman–Crippen MR) is 97.0 cm³/mol.